The van der Waals surface area contributed by atoms with Crippen LogP contribution in [0.3, 0.4) is 0 Å². The summed E-state index contributed by atoms with van der Waals surface area (Å²) in [6.45, 7) is 2.07. The molecule has 1 amide bonds. The molecule has 3 heterocycles. The number of ether oxygens (including phenoxy) is 1. The van der Waals surface area contributed by atoms with Gasteiger partial charge in [-0.3, -0.25) is 14.8 Å². The van der Waals surface area contributed by atoms with Gasteiger partial charge in [0.15, 0.2) is 0 Å². The molecule has 0 saturated heterocycles. The molecular formula is C30H26N6O3. The van der Waals surface area contributed by atoms with Gasteiger partial charge in [0.2, 0.25) is 0 Å². The van der Waals surface area contributed by atoms with Gasteiger partial charge in [0.05, 0.1) is 29.6 Å². The van der Waals surface area contributed by atoms with Crippen LogP contribution < -0.4 is 16.0 Å². The smallest absolute Gasteiger partial charge is 0.338 e. The molecule has 0 unspecified atom stereocenters. The van der Waals surface area contributed by atoms with Crippen molar-refractivity contribution in [3.8, 4) is 0 Å². The van der Waals surface area contributed by atoms with E-state index in [2.05, 4.69) is 30.9 Å². The highest BCUT2D eigenvalue weighted by Gasteiger charge is 2.12. The van der Waals surface area contributed by atoms with E-state index in [0.717, 1.165) is 28.0 Å². The van der Waals surface area contributed by atoms with Gasteiger partial charge in [-0.25, -0.2) is 9.78 Å². The normalized spacial score (nSPS) is 12.6. The van der Waals surface area contributed by atoms with Crippen molar-refractivity contribution in [3.05, 3.63) is 120 Å². The first-order valence-electron chi connectivity index (χ1n) is 12.4. The van der Waals surface area contributed by atoms with Crippen LogP contribution in [0.4, 0.5) is 17.1 Å². The lowest BCUT2D eigenvalue weighted by molar-refractivity contribution is 0.0526. The van der Waals surface area contributed by atoms with Gasteiger partial charge in [-0.15, -0.1) is 0 Å². The summed E-state index contributed by atoms with van der Waals surface area (Å²) in [5, 5.41) is 10.3. The number of esters is 1. The highest BCUT2D eigenvalue weighted by atomic mass is 16.5. The summed E-state index contributed by atoms with van der Waals surface area (Å²) in [6, 6.07) is 14.2. The molecule has 0 fully saturated rings. The molecule has 0 aliphatic heterocycles. The summed E-state index contributed by atoms with van der Waals surface area (Å²) in [5.74, 6) is -0.702. The number of carbonyl (C=O) groups excluding carboxylic acids is 2. The molecule has 3 N–H and O–H groups in total. The van der Waals surface area contributed by atoms with E-state index in [1.54, 1.807) is 62.0 Å². The van der Waals surface area contributed by atoms with Crippen molar-refractivity contribution in [3.63, 3.8) is 0 Å². The SMILES string of the molecule is CCOC(=O)c1ccc2nccc(Nc3ccc(C(=O)NC4=CC=C(Nc5ccncc5)CC=C4)nc3)c2c1. The van der Waals surface area contributed by atoms with E-state index in [-0.39, 0.29) is 17.6 Å². The van der Waals surface area contributed by atoms with Crippen LogP contribution in [-0.4, -0.2) is 33.4 Å². The van der Waals surface area contributed by atoms with E-state index in [1.807, 2.05) is 42.5 Å². The first-order valence-corrected chi connectivity index (χ1v) is 12.4. The van der Waals surface area contributed by atoms with Crippen LogP contribution in [0.1, 0.15) is 34.2 Å². The number of nitrogens with one attached hydrogen (secondary N) is 3. The van der Waals surface area contributed by atoms with Crippen molar-refractivity contribution < 1.29 is 14.3 Å². The first-order chi connectivity index (χ1) is 19.1. The van der Waals surface area contributed by atoms with Gasteiger partial charge < -0.3 is 20.7 Å². The van der Waals surface area contributed by atoms with Gasteiger partial charge in [0.1, 0.15) is 5.69 Å². The minimum Gasteiger partial charge on any atom is -0.462 e. The van der Waals surface area contributed by atoms with Crippen molar-refractivity contribution in [1.29, 1.82) is 0 Å². The summed E-state index contributed by atoms with van der Waals surface area (Å²) in [7, 11) is 0. The number of nitrogens with zero attached hydrogens (tertiary/aromatic N) is 3. The highest BCUT2D eigenvalue weighted by molar-refractivity contribution is 5.99. The molecule has 0 bridgehead atoms. The number of aromatic nitrogens is 3. The van der Waals surface area contributed by atoms with Crippen molar-refractivity contribution in [1.82, 2.24) is 20.3 Å². The predicted molar refractivity (Wildman–Crippen MR) is 150 cm³/mol. The molecule has 0 atom stereocenters. The standard InChI is InChI=1S/C30H26N6O3/c1-2-39-30(38)20-6-10-26-25(18-20)27(14-17-32-26)35-24-9-11-28(33-19-24)29(37)36-22-5-3-4-21(7-8-22)34-23-12-15-31-16-13-23/h3,5-19H,2,4H2,1H3,(H,31,34)(H,32,35)(H,36,37). The van der Waals surface area contributed by atoms with E-state index < -0.39 is 0 Å². The Kier molecular flexibility index (Phi) is 7.68. The zero-order valence-electron chi connectivity index (χ0n) is 21.2. The molecule has 194 valence electrons. The molecule has 9 heteroatoms. The van der Waals surface area contributed by atoms with E-state index in [4.69, 9.17) is 4.74 Å². The molecule has 1 aliphatic carbocycles. The Bertz CT molecular complexity index is 1590. The van der Waals surface area contributed by atoms with Gasteiger partial charge in [-0.05, 0) is 73.7 Å². The minimum atomic E-state index is -0.387. The fourth-order valence-electron chi connectivity index (χ4n) is 3.97. The number of rotatable bonds is 8. The largest absolute Gasteiger partial charge is 0.462 e. The van der Waals surface area contributed by atoms with Crippen molar-refractivity contribution >= 4 is 39.8 Å². The lowest BCUT2D eigenvalue weighted by Gasteiger charge is -2.11. The molecule has 4 aromatic rings. The fraction of sp³-hybridized carbons (Fsp3) is 0.100. The van der Waals surface area contributed by atoms with Gasteiger partial charge in [-0.2, -0.15) is 0 Å². The molecule has 1 aromatic carbocycles. The second kappa shape index (κ2) is 11.8. The number of anilines is 3. The summed E-state index contributed by atoms with van der Waals surface area (Å²) in [6.07, 6.45) is 15.0. The van der Waals surface area contributed by atoms with Crippen LogP contribution in [0.5, 0.6) is 0 Å². The zero-order valence-corrected chi connectivity index (χ0v) is 21.2. The highest BCUT2D eigenvalue weighted by Crippen LogP contribution is 2.26. The summed E-state index contributed by atoms with van der Waals surface area (Å²) >= 11 is 0. The summed E-state index contributed by atoms with van der Waals surface area (Å²) < 4.78 is 5.12. The van der Waals surface area contributed by atoms with Crippen LogP contribution in [-0.2, 0) is 4.74 Å². The molecule has 39 heavy (non-hydrogen) atoms. The van der Waals surface area contributed by atoms with E-state index >= 15 is 0 Å². The Morgan fingerprint density at radius 2 is 1.79 bits per heavy atom. The molecule has 3 aromatic heterocycles. The maximum Gasteiger partial charge on any atom is 0.338 e. The third-order valence-electron chi connectivity index (χ3n) is 5.87. The minimum absolute atomic E-state index is 0.280. The van der Waals surface area contributed by atoms with E-state index in [1.165, 1.54) is 0 Å². The monoisotopic (exact) mass is 518 g/mol. The van der Waals surface area contributed by atoms with Crippen molar-refractivity contribution in [2.45, 2.75) is 13.3 Å². The number of hydrogen-bond acceptors (Lipinski definition) is 8. The number of amides is 1. The van der Waals surface area contributed by atoms with Gasteiger partial charge in [0, 0.05) is 53.2 Å². The molecule has 1 aliphatic rings. The quantitative estimate of drug-likeness (QED) is 0.261. The summed E-state index contributed by atoms with van der Waals surface area (Å²) in [4.78, 5) is 37.7. The van der Waals surface area contributed by atoms with Crippen LogP contribution in [0, 0.1) is 0 Å². The lowest BCUT2D eigenvalue weighted by Crippen LogP contribution is -2.22. The van der Waals surface area contributed by atoms with Crippen LogP contribution in [0.15, 0.2) is 109 Å². The summed E-state index contributed by atoms with van der Waals surface area (Å²) in [5.41, 5.74) is 5.50. The number of pyridine rings is 3. The average molecular weight is 519 g/mol. The second-order valence-corrected chi connectivity index (χ2v) is 8.60. The van der Waals surface area contributed by atoms with Crippen molar-refractivity contribution in [2.75, 3.05) is 17.2 Å². The number of benzene rings is 1. The maximum atomic E-state index is 12.8. The van der Waals surface area contributed by atoms with Crippen molar-refractivity contribution in [2.24, 2.45) is 0 Å². The second-order valence-electron chi connectivity index (χ2n) is 8.60. The van der Waals surface area contributed by atoms with Gasteiger partial charge in [0.25, 0.3) is 5.91 Å². The number of fused-ring (bicyclic) bond motifs is 1. The van der Waals surface area contributed by atoms with Crippen LogP contribution in [0.2, 0.25) is 0 Å². The Hall–Kier alpha value is -5.31. The Balaban J connectivity index is 1.26. The number of hydrogen-bond donors (Lipinski definition) is 3. The average Bonchev–Trinajstić information content (AvgIpc) is 3.18. The predicted octanol–water partition coefficient (Wildman–Crippen LogP) is 5.51. The van der Waals surface area contributed by atoms with Crippen LogP contribution in [0.25, 0.3) is 10.9 Å². The Labute approximate surface area is 225 Å². The maximum absolute atomic E-state index is 12.8. The van der Waals surface area contributed by atoms with E-state index in [9.17, 15) is 9.59 Å². The van der Waals surface area contributed by atoms with Gasteiger partial charge >= 0.3 is 5.97 Å². The number of carbonyl (C=O) groups is 2. The number of allylic oxidation sites excluding steroid dienone is 4. The Morgan fingerprint density at radius 3 is 2.59 bits per heavy atom. The molecule has 0 saturated carbocycles. The molecule has 9 nitrogen and oxygen atoms in total. The third-order valence-corrected chi connectivity index (χ3v) is 5.87. The third kappa shape index (κ3) is 6.34. The van der Waals surface area contributed by atoms with Gasteiger partial charge in [-0.1, -0.05) is 6.08 Å². The van der Waals surface area contributed by atoms with E-state index in [0.29, 0.717) is 30.0 Å². The fourth-order valence-corrected chi connectivity index (χ4v) is 3.97. The Morgan fingerprint density at radius 1 is 0.923 bits per heavy atom. The molecular weight excluding hydrogens is 492 g/mol. The van der Waals surface area contributed by atoms with Crippen LogP contribution >= 0.6 is 0 Å². The molecule has 0 spiro atoms. The molecule has 5 rings (SSSR count). The molecule has 0 radical (unpaired) electrons. The zero-order chi connectivity index (χ0) is 27.0. The lowest BCUT2D eigenvalue weighted by atomic mass is 10.1. The topological polar surface area (TPSA) is 118 Å². The first kappa shape index (κ1) is 25.3.